The van der Waals surface area contributed by atoms with E-state index < -0.39 is 4.92 Å². The summed E-state index contributed by atoms with van der Waals surface area (Å²) in [7, 11) is 1.65. The molecule has 1 aromatic rings. The van der Waals surface area contributed by atoms with E-state index in [2.05, 4.69) is 10.3 Å². The average Bonchev–Trinajstić information content (AvgIpc) is 2.27. The first-order valence-corrected chi connectivity index (χ1v) is 4.96. The van der Waals surface area contributed by atoms with Gasteiger partial charge in [0.1, 0.15) is 12.0 Å². The number of rotatable bonds is 6. The summed E-state index contributed by atoms with van der Waals surface area (Å²) < 4.78 is 4.99. The van der Waals surface area contributed by atoms with Crippen LogP contribution in [-0.2, 0) is 4.74 Å². The van der Waals surface area contributed by atoms with Crippen LogP contribution in [0.2, 0.25) is 0 Å². The van der Waals surface area contributed by atoms with E-state index in [-0.39, 0.29) is 5.69 Å². The number of pyridine rings is 1. The molecule has 1 rings (SSSR count). The summed E-state index contributed by atoms with van der Waals surface area (Å²) in [6.07, 6.45) is 1.24. The lowest BCUT2D eigenvalue weighted by Crippen LogP contribution is -2.16. The molecule has 0 saturated heterocycles. The fraction of sp³-hybridized carbons (Fsp3) is 0.500. The van der Waals surface area contributed by atoms with Crippen molar-refractivity contribution < 1.29 is 9.66 Å². The summed E-state index contributed by atoms with van der Waals surface area (Å²) in [6.45, 7) is 3.43. The fourth-order valence-electron chi connectivity index (χ4n) is 1.22. The Kier molecular flexibility index (Phi) is 4.65. The van der Waals surface area contributed by atoms with Gasteiger partial charge >= 0.3 is 0 Å². The molecule has 0 saturated carbocycles. The fourth-order valence-corrected chi connectivity index (χ4v) is 1.22. The molecule has 88 valence electrons. The molecule has 0 aliphatic heterocycles. The van der Waals surface area contributed by atoms with Crippen molar-refractivity contribution in [2.45, 2.75) is 6.92 Å². The standard InChI is InChI=1S/C10H15N3O3/c1-8(7-16-2)5-11-10-4-3-9(6-12-10)13(14)15/h3-4,6,8H,5,7H2,1-2H3,(H,11,12). The van der Waals surface area contributed by atoms with Crippen molar-refractivity contribution in [3.63, 3.8) is 0 Å². The topological polar surface area (TPSA) is 77.3 Å². The molecule has 1 atom stereocenters. The number of hydrogen-bond acceptors (Lipinski definition) is 5. The van der Waals surface area contributed by atoms with E-state index in [0.717, 1.165) is 6.54 Å². The minimum absolute atomic E-state index is 0.00418. The summed E-state index contributed by atoms with van der Waals surface area (Å²) in [5.41, 5.74) is -0.00418. The highest BCUT2D eigenvalue weighted by Crippen LogP contribution is 2.12. The Morgan fingerprint density at radius 2 is 2.38 bits per heavy atom. The Labute approximate surface area is 93.8 Å². The Morgan fingerprint density at radius 3 is 2.88 bits per heavy atom. The normalized spacial score (nSPS) is 12.1. The third-order valence-electron chi connectivity index (χ3n) is 2.04. The summed E-state index contributed by atoms with van der Waals surface area (Å²) >= 11 is 0. The van der Waals surface area contributed by atoms with E-state index in [1.807, 2.05) is 6.92 Å². The van der Waals surface area contributed by atoms with Crippen molar-refractivity contribution in [2.24, 2.45) is 5.92 Å². The highest BCUT2D eigenvalue weighted by atomic mass is 16.6. The van der Waals surface area contributed by atoms with E-state index in [0.29, 0.717) is 18.3 Å². The number of anilines is 1. The smallest absolute Gasteiger partial charge is 0.287 e. The molecule has 0 aliphatic rings. The van der Waals surface area contributed by atoms with Crippen molar-refractivity contribution in [1.29, 1.82) is 0 Å². The van der Waals surface area contributed by atoms with Crippen molar-refractivity contribution >= 4 is 11.5 Å². The van der Waals surface area contributed by atoms with Gasteiger partial charge in [-0.3, -0.25) is 10.1 Å². The molecular weight excluding hydrogens is 210 g/mol. The van der Waals surface area contributed by atoms with Crippen LogP contribution in [0.3, 0.4) is 0 Å². The van der Waals surface area contributed by atoms with Crippen molar-refractivity contribution in [3.8, 4) is 0 Å². The molecule has 6 heteroatoms. The van der Waals surface area contributed by atoms with Gasteiger partial charge in [-0.1, -0.05) is 6.92 Å². The number of nitrogens with one attached hydrogen (secondary N) is 1. The molecule has 0 radical (unpaired) electrons. The van der Waals surface area contributed by atoms with E-state index in [9.17, 15) is 10.1 Å². The Bertz CT molecular complexity index is 340. The zero-order valence-corrected chi connectivity index (χ0v) is 9.34. The molecule has 16 heavy (non-hydrogen) atoms. The Balaban J connectivity index is 2.46. The number of nitro groups is 1. The lowest BCUT2D eigenvalue weighted by Gasteiger charge is -2.11. The number of ether oxygens (including phenoxy) is 1. The van der Waals surface area contributed by atoms with Crippen molar-refractivity contribution in [1.82, 2.24) is 4.98 Å². The molecule has 1 aromatic heterocycles. The lowest BCUT2D eigenvalue weighted by atomic mass is 10.2. The molecule has 0 bridgehead atoms. The number of nitrogens with zero attached hydrogens (tertiary/aromatic N) is 2. The van der Waals surface area contributed by atoms with Gasteiger partial charge in [-0.25, -0.2) is 4.98 Å². The molecule has 0 fully saturated rings. The van der Waals surface area contributed by atoms with E-state index >= 15 is 0 Å². The second-order valence-electron chi connectivity index (χ2n) is 3.60. The molecule has 0 aliphatic carbocycles. The average molecular weight is 225 g/mol. The van der Waals surface area contributed by atoms with Gasteiger partial charge in [0.25, 0.3) is 5.69 Å². The largest absolute Gasteiger partial charge is 0.384 e. The highest BCUT2D eigenvalue weighted by molar-refractivity contribution is 5.39. The number of hydrogen-bond donors (Lipinski definition) is 1. The van der Waals surface area contributed by atoms with Crippen LogP contribution in [0.5, 0.6) is 0 Å². The SMILES string of the molecule is COCC(C)CNc1ccc([N+](=O)[O-])cn1. The Hall–Kier alpha value is -1.69. The summed E-state index contributed by atoms with van der Waals surface area (Å²) in [5.74, 6) is 0.996. The molecule has 1 unspecified atom stereocenters. The maximum Gasteiger partial charge on any atom is 0.287 e. The van der Waals surface area contributed by atoms with Crippen LogP contribution in [0.4, 0.5) is 11.5 Å². The number of aromatic nitrogens is 1. The molecule has 0 amide bonds. The predicted octanol–water partition coefficient (Wildman–Crippen LogP) is 1.68. The number of methoxy groups -OCH3 is 1. The summed E-state index contributed by atoms with van der Waals surface area (Å²) in [6, 6.07) is 3.02. The van der Waals surface area contributed by atoms with Crippen LogP contribution in [-0.4, -0.2) is 30.2 Å². The van der Waals surface area contributed by atoms with Gasteiger partial charge in [-0.15, -0.1) is 0 Å². The lowest BCUT2D eigenvalue weighted by molar-refractivity contribution is -0.385. The van der Waals surface area contributed by atoms with E-state index in [1.54, 1.807) is 13.2 Å². The zero-order chi connectivity index (χ0) is 12.0. The molecule has 1 N–H and O–H groups in total. The van der Waals surface area contributed by atoms with Gasteiger partial charge in [-0.05, 0) is 12.0 Å². The van der Waals surface area contributed by atoms with Gasteiger partial charge in [0.05, 0.1) is 11.5 Å². The van der Waals surface area contributed by atoms with Crippen molar-refractivity contribution in [2.75, 3.05) is 25.6 Å². The van der Waals surface area contributed by atoms with Crippen LogP contribution < -0.4 is 5.32 Å². The monoisotopic (exact) mass is 225 g/mol. The maximum atomic E-state index is 10.4. The van der Waals surface area contributed by atoms with Crippen LogP contribution in [0.1, 0.15) is 6.92 Å². The van der Waals surface area contributed by atoms with Gasteiger partial charge in [0.15, 0.2) is 0 Å². The van der Waals surface area contributed by atoms with Crippen molar-refractivity contribution in [3.05, 3.63) is 28.4 Å². The van der Waals surface area contributed by atoms with Crippen LogP contribution in [0, 0.1) is 16.0 Å². The maximum absolute atomic E-state index is 10.4. The second-order valence-corrected chi connectivity index (χ2v) is 3.60. The first-order chi connectivity index (χ1) is 7.63. The van der Waals surface area contributed by atoms with Gasteiger partial charge in [0, 0.05) is 19.7 Å². The van der Waals surface area contributed by atoms with Gasteiger partial charge in [-0.2, -0.15) is 0 Å². The molecule has 6 nitrogen and oxygen atoms in total. The Morgan fingerprint density at radius 1 is 1.62 bits per heavy atom. The van der Waals surface area contributed by atoms with Crippen LogP contribution in [0.15, 0.2) is 18.3 Å². The third-order valence-corrected chi connectivity index (χ3v) is 2.04. The minimum atomic E-state index is -0.468. The van der Waals surface area contributed by atoms with Crippen LogP contribution >= 0.6 is 0 Å². The summed E-state index contributed by atoms with van der Waals surface area (Å²) in [4.78, 5) is 13.9. The zero-order valence-electron chi connectivity index (χ0n) is 9.34. The third kappa shape index (κ3) is 3.82. The minimum Gasteiger partial charge on any atom is -0.384 e. The van der Waals surface area contributed by atoms with E-state index in [1.165, 1.54) is 12.3 Å². The first-order valence-electron chi connectivity index (χ1n) is 4.96. The van der Waals surface area contributed by atoms with E-state index in [4.69, 9.17) is 4.74 Å². The van der Waals surface area contributed by atoms with Crippen LogP contribution in [0.25, 0.3) is 0 Å². The first kappa shape index (κ1) is 12.4. The molecule has 1 heterocycles. The van der Waals surface area contributed by atoms with Gasteiger partial charge in [0.2, 0.25) is 0 Å². The second kappa shape index (κ2) is 6.02. The quantitative estimate of drug-likeness (QED) is 0.588. The van der Waals surface area contributed by atoms with Gasteiger partial charge < -0.3 is 10.1 Å². The predicted molar refractivity (Wildman–Crippen MR) is 60.4 cm³/mol. The highest BCUT2D eigenvalue weighted by Gasteiger charge is 2.06. The summed E-state index contributed by atoms with van der Waals surface area (Å²) in [5, 5.41) is 13.5. The molecule has 0 spiro atoms. The molecular formula is C10H15N3O3. The molecule has 0 aromatic carbocycles.